The molecular weight excluding hydrogens is 564 g/mol. The zero-order chi connectivity index (χ0) is 26.4. The molecule has 1 heterocycles. The zero-order valence-electron chi connectivity index (χ0n) is 19.4. The number of rotatable bonds is 10. The maximum atomic E-state index is 13.0. The second-order valence-electron chi connectivity index (χ2n) is 8.02. The first-order valence-corrected chi connectivity index (χ1v) is 13.3. The molecule has 0 saturated carbocycles. The second-order valence-corrected chi connectivity index (χ2v) is 10.7. The monoisotopic (exact) mass is 585 g/mol. The minimum Gasteiger partial charge on any atom is -0.342 e. The molecule has 190 valence electrons. The minimum atomic E-state index is -0.479. The molecule has 3 aromatic rings. The van der Waals surface area contributed by atoms with Crippen molar-refractivity contribution < 1.29 is 9.59 Å². The van der Waals surface area contributed by atoms with Gasteiger partial charge in [-0.1, -0.05) is 78.1 Å². The number of amides is 2. The Morgan fingerprint density at radius 3 is 2.33 bits per heavy atom. The third kappa shape index (κ3) is 7.17. The predicted octanol–water partition coefficient (Wildman–Crippen LogP) is 6.94. The first kappa shape index (κ1) is 28.3. The Morgan fingerprint density at radius 1 is 1.06 bits per heavy atom. The van der Waals surface area contributed by atoms with E-state index in [1.54, 1.807) is 36.4 Å². The highest BCUT2D eigenvalue weighted by molar-refractivity contribution is 7.99. The maximum Gasteiger partial charge on any atom is 0.253 e. The van der Waals surface area contributed by atoms with Gasteiger partial charge in [0.1, 0.15) is 0 Å². The van der Waals surface area contributed by atoms with Crippen LogP contribution in [0.2, 0.25) is 20.1 Å². The maximum absolute atomic E-state index is 13.0. The summed E-state index contributed by atoms with van der Waals surface area (Å²) in [6.45, 7) is 8.11. The first-order valence-electron chi connectivity index (χ1n) is 10.8. The Hall–Kier alpha value is -2.23. The standard InChI is InChI=1S/C24H23Cl4N5O2S/c1-4-9-33-22(21(13(2)3)30-23(35)16-7-5-14(25)10-17(16)27)31-32-24(33)36-12-20(34)29-19-8-6-15(26)11-18(19)28/h4-8,10-11,13,21H,1,9,12H2,2-3H3,(H,29,34)(H,30,35)/t21-/m0/s1. The van der Waals surface area contributed by atoms with E-state index in [2.05, 4.69) is 27.4 Å². The number of carbonyl (C=O) groups is 2. The van der Waals surface area contributed by atoms with Crippen LogP contribution in [0.15, 0.2) is 54.2 Å². The minimum absolute atomic E-state index is 0.0269. The SMILES string of the molecule is C=CCn1c(SCC(=O)Nc2ccc(Cl)cc2Cl)nnc1[C@@H](NC(=O)c1ccc(Cl)cc1Cl)C(C)C. The molecule has 0 bridgehead atoms. The third-order valence-corrected chi connectivity index (χ3v) is 7.06. The summed E-state index contributed by atoms with van der Waals surface area (Å²) in [5.41, 5.74) is 0.761. The Kier molecular flexibility index (Phi) is 10.1. The quantitative estimate of drug-likeness (QED) is 0.198. The highest BCUT2D eigenvalue weighted by atomic mass is 35.5. The van der Waals surface area contributed by atoms with Crippen LogP contribution in [-0.4, -0.2) is 32.3 Å². The van der Waals surface area contributed by atoms with Gasteiger partial charge in [-0.15, -0.1) is 16.8 Å². The number of thioether (sulfide) groups is 1. The number of allylic oxidation sites excluding steroid dienone is 1. The highest BCUT2D eigenvalue weighted by Crippen LogP contribution is 2.28. The number of nitrogens with zero attached hydrogens (tertiary/aromatic N) is 3. The molecule has 0 saturated heterocycles. The van der Waals surface area contributed by atoms with Gasteiger partial charge in [-0.05, 0) is 42.3 Å². The van der Waals surface area contributed by atoms with Gasteiger partial charge in [0.15, 0.2) is 11.0 Å². The van der Waals surface area contributed by atoms with Crippen LogP contribution in [0, 0.1) is 5.92 Å². The Balaban J connectivity index is 1.77. The van der Waals surface area contributed by atoms with Crippen LogP contribution in [0.3, 0.4) is 0 Å². The summed E-state index contributed by atoms with van der Waals surface area (Å²) in [6, 6.07) is 9.03. The van der Waals surface area contributed by atoms with Crippen LogP contribution >= 0.6 is 58.2 Å². The molecule has 0 aliphatic heterocycles. The van der Waals surface area contributed by atoms with Crippen molar-refractivity contribution in [2.45, 2.75) is 31.6 Å². The number of nitrogens with one attached hydrogen (secondary N) is 2. The molecule has 0 spiro atoms. The number of halogens is 4. The average Bonchev–Trinajstić information content (AvgIpc) is 3.20. The van der Waals surface area contributed by atoms with Crippen LogP contribution in [0.5, 0.6) is 0 Å². The number of carbonyl (C=O) groups excluding carboxylic acids is 2. The molecule has 2 amide bonds. The van der Waals surface area contributed by atoms with Crippen molar-refractivity contribution in [3.63, 3.8) is 0 Å². The predicted molar refractivity (Wildman–Crippen MR) is 148 cm³/mol. The van der Waals surface area contributed by atoms with Gasteiger partial charge in [-0.25, -0.2) is 0 Å². The van der Waals surface area contributed by atoms with Crippen LogP contribution in [0.4, 0.5) is 5.69 Å². The lowest BCUT2D eigenvalue weighted by molar-refractivity contribution is -0.113. The smallest absolute Gasteiger partial charge is 0.253 e. The summed E-state index contributed by atoms with van der Waals surface area (Å²) in [5.74, 6) is -0.0669. The number of aromatic nitrogens is 3. The van der Waals surface area contributed by atoms with Gasteiger partial charge in [0, 0.05) is 16.6 Å². The summed E-state index contributed by atoms with van der Waals surface area (Å²) in [5, 5.41) is 16.4. The number of benzene rings is 2. The van der Waals surface area contributed by atoms with Crippen LogP contribution in [0.25, 0.3) is 0 Å². The largest absolute Gasteiger partial charge is 0.342 e. The molecule has 2 aromatic carbocycles. The van der Waals surface area contributed by atoms with E-state index in [-0.39, 0.29) is 28.5 Å². The highest BCUT2D eigenvalue weighted by Gasteiger charge is 2.27. The van der Waals surface area contributed by atoms with Gasteiger partial charge in [0.2, 0.25) is 5.91 Å². The molecule has 0 radical (unpaired) electrons. The molecule has 1 aromatic heterocycles. The van der Waals surface area contributed by atoms with E-state index in [4.69, 9.17) is 46.4 Å². The van der Waals surface area contributed by atoms with Crippen LogP contribution in [-0.2, 0) is 11.3 Å². The second kappa shape index (κ2) is 12.8. The average molecular weight is 587 g/mol. The van der Waals surface area contributed by atoms with Crippen molar-refractivity contribution in [1.29, 1.82) is 0 Å². The van der Waals surface area contributed by atoms with Gasteiger partial charge >= 0.3 is 0 Å². The van der Waals surface area contributed by atoms with Crippen LogP contribution < -0.4 is 10.6 Å². The van der Waals surface area contributed by atoms with Crippen molar-refractivity contribution in [2.24, 2.45) is 5.92 Å². The molecule has 12 heteroatoms. The molecular formula is C24H23Cl4N5O2S. The van der Waals surface area contributed by atoms with E-state index in [1.165, 1.54) is 17.8 Å². The van der Waals surface area contributed by atoms with Gasteiger partial charge < -0.3 is 15.2 Å². The third-order valence-electron chi connectivity index (χ3n) is 5.00. The van der Waals surface area contributed by atoms with Gasteiger partial charge in [-0.3, -0.25) is 9.59 Å². The lowest BCUT2D eigenvalue weighted by Crippen LogP contribution is -2.34. The van der Waals surface area contributed by atoms with Crippen molar-refractivity contribution in [3.8, 4) is 0 Å². The normalized spacial score (nSPS) is 11.9. The Labute approximate surface area is 233 Å². The molecule has 0 fully saturated rings. The Bertz CT molecular complexity index is 1280. The topological polar surface area (TPSA) is 88.9 Å². The van der Waals surface area contributed by atoms with Crippen LogP contribution in [0.1, 0.15) is 36.1 Å². The fourth-order valence-corrected chi connectivity index (χ4v) is 4.97. The summed E-state index contributed by atoms with van der Waals surface area (Å²) in [4.78, 5) is 25.5. The fourth-order valence-electron chi connectivity index (χ4n) is 3.27. The lowest BCUT2D eigenvalue weighted by Gasteiger charge is -2.23. The van der Waals surface area contributed by atoms with Crippen molar-refractivity contribution in [2.75, 3.05) is 11.1 Å². The van der Waals surface area contributed by atoms with E-state index in [0.29, 0.717) is 43.8 Å². The van der Waals surface area contributed by atoms with Gasteiger partial charge in [0.25, 0.3) is 5.91 Å². The molecule has 3 rings (SSSR count). The van der Waals surface area contributed by atoms with E-state index in [1.807, 2.05) is 18.4 Å². The molecule has 36 heavy (non-hydrogen) atoms. The summed E-state index contributed by atoms with van der Waals surface area (Å²) in [7, 11) is 0. The van der Waals surface area contributed by atoms with E-state index >= 15 is 0 Å². The lowest BCUT2D eigenvalue weighted by atomic mass is 10.0. The van der Waals surface area contributed by atoms with E-state index in [9.17, 15) is 9.59 Å². The molecule has 0 aliphatic rings. The van der Waals surface area contributed by atoms with Gasteiger partial charge in [-0.2, -0.15) is 0 Å². The number of anilines is 1. The van der Waals surface area contributed by atoms with Gasteiger partial charge in [0.05, 0.1) is 33.1 Å². The molecule has 2 N–H and O–H groups in total. The van der Waals surface area contributed by atoms with Crippen molar-refractivity contribution >= 4 is 75.7 Å². The number of hydrogen-bond acceptors (Lipinski definition) is 5. The van der Waals surface area contributed by atoms with Crippen molar-refractivity contribution in [3.05, 3.63) is 80.5 Å². The summed E-state index contributed by atoms with van der Waals surface area (Å²) < 4.78 is 1.81. The fraction of sp³-hybridized carbons (Fsp3) is 0.250. The summed E-state index contributed by atoms with van der Waals surface area (Å²) in [6.07, 6.45) is 1.69. The zero-order valence-corrected chi connectivity index (χ0v) is 23.2. The molecule has 0 aliphatic carbocycles. The molecule has 1 atom stereocenters. The first-order chi connectivity index (χ1) is 17.1. The van der Waals surface area contributed by atoms with E-state index < -0.39 is 6.04 Å². The molecule has 7 nitrogen and oxygen atoms in total. The van der Waals surface area contributed by atoms with E-state index in [0.717, 1.165) is 0 Å². The number of hydrogen-bond donors (Lipinski definition) is 2. The summed E-state index contributed by atoms with van der Waals surface area (Å²) >= 11 is 25.4. The molecule has 0 unspecified atom stereocenters. The Morgan fingerprint density at radius 2 is 1.72 bits per heavy atom. The van der Waals surface area contributed by atoms with Crippen molar-refractivity contribution in [1.82, 2.24) is 20.1 Å².